The summed E-state index contributed by atoms with van der Waals surface area (Å²) in [6, 6.07) is 15.8. The van der Waals surface area contributed by atoms with Crippen molar-refractivity contribution < 1.29 is 8.42 Å². The molecule has 1 aliphatic rings. The van der Waals surface area contributed by atoms with Gasteiger partial charge in [0.1, 0.15) is 5.52 Å². The van der Waals surface area contributed by atoms with Crippen LogP contribution in [0.1, 0.15) is 18.4 Å². The van der Waals surface area contributed by atoms with Gasteiger partial charge in [-0.1, -0.05) is 29.3 Å². The SMILES string of the molecule is Cc1cc(-c2c(Cl)cccc2Cl)cc2nnc(Nc3ccc(S(=O)(=O)N(C)CCN4CCCC4)cc3)nc12. The Morgan fingerprint density at radius 1 is 1.00 bits per heavy atom. The van der Waals surface area contributed by atoms with Gasteiger partial charge in [-0.05, 0) is 92.5 Å². The van der Waals surface area contributed by atoms with Crippen LogP contribution in [0.25, 0.3) is 22.2 Å². The van der Waals surface area contributed by atoms with Crippen LogP contribution < -0.4 is 5.32 Å². The maximum atomic E-state index is 13.0. The number of rotatable bonds is 8. The van der Waals surface area contributed by atoms with Gasteiger partial charge in [0, 0.05) is 41.4 Å². The molecule has 0 spiro atoms. The van der Waals surface area contributed by atoms with Crippen LogP contribution in [-0.4, -0.2) is 66.0 Å². The summed E-state index contributed by atoms with van der Waals surface area (Å²) in [5.41, 5.74) is 4.42. The van der Waals surface area contributed by atoms with E-state index in [-0.39, 0.29) is 4.90 Å². The Balaban J connectivity index is 1.32. The third kappa shape index (κ3) is 5.62. The molecular weight excluding hydrogens is 543 g/mol. The van der Waals surface area contributed by atoms with Gasteiger partial charge in [-0.25, -0.2) is 13.4 Å². The second kappa shape index (κ2) is 11.1. The van der Waals surface area contributed by atoms with Crippen LogP contribution in [0.3, 0.4) is 0 Å². The van der Waals surface area contributed by atoms with Crippen LogP contribution in [0.15, 0.2) is 59.5 Å². The average molecular weight is 572 g/mol. The van der Waals surface area contributed by atoms with Crippen LogP contribution in [-0.2, 0) is 10.0 Å². The first-order valence-corrected chi connectivity index (χ1v) is 14.6. The minimum Gasteiger partial charge on any atom is -0.323 e. The van der Waals surface area contributed by atoms with Gasteiger partial charge in [0.25, 0.3) is 0 Å². The first kappa shape index (κ1) is 26.8. The molecule has 5 rings (SSSR count). The van der Waals surface area contributed by atoms with E-state index in [0.29, 0.717) is 39.3 Å². The molecule has 0 bridgehead atoms. The number of fused-ring (bicyclic) bond motifs is 1. The highest BCUT2D eigenvalue weighted by molar-refractivity contribution is 7.89. The summed E-state index contributed by atoms with van der Waals surface area (Å²) >= 11 is 12.8. The maximum Gasteiger partial charge on any atom is 0.247 e. The number of nitrogens with zero attached hydrogens (tertiary/aromatic N) is 5. The summed E-state index contributed by atoms with van der Waals surface area (Å²) in [6.07, 6.45) is 2.36. The quantitative estimate of drug-likeness (QED) is 0.287. The molecule has 11 heteroatoms. The molecule has 1 N–H and O–H groups in total. The number of aromatic nitrogens is 3. The third-order valence-corrected chi connectivity index (χ3v) is 9.25. The summed E-state index contributed by atoms with van der Waals surface area (Å²) in [5, 5.41) is 12.8. The molecule has 0 atom stereocenters. The Morgan fingerprint density at radius 3 is 2.37 bits per heavy atom. The van der Waals surface area contributed by atoms with Gasteiger partial charge in [0.05, 0.1) is 10.4 Å². The normalized spacial score (nSPS) is 14.4. The second-order valence-electron chi connectivity index (χ2n) is 9.42. The van der Waals surface area contributed by atoms with Crippen molar-refractivity contribution in [3.8, 4) is 11.1 Å². The number of sulfonamides is 1. The predicted octanol–water partition coefficient (Wildman–Crippen LogP) is 5.77. The van der Waals surface area contributed by atoms with Crippen molar-refractivity contribution in [2.45, 2.75) is 24.7 Å². The topological polar surface area (TPSA) is 91.3 Å². The van der Waals surface area contributed by atoms with Crippen LogP contribution in [0.2, 0.25) is 10.0 Å². The molecule has 0 unspecified atom stereocenters. The number of nitrogens with one attached hydrogen (secondary N) is 1. The Hall–Kier alpha value is -2.82. The molecule has 1 fully saturated rings. The Kier molecular flexibility index (Phi) is 7.83. The van der Waals surface area contributed by atoms with Gasteiger partial charge in [-0.2, -0.15) is 4.31 Å². The van der Waals surface area contributed by atoms with Crippen molar-refractivity contribution in [3.63, 3.8) is 0 Å². The molecule has 1 aromatic heterocycles. The molecule has 4 aromatic rings. The van der Waals surface area contributed by atoms with Gasteiger partial charge in [0.15, 0.2) is 0 Å². The largest absolute Gasteiger partial charge is 0.323 e. The number of likely N-dealkylation sites (N-methyl/N-ethyl adjacent to an activating group) is 1. The van der Waals surface area contributed by atoms with Gasteiger partial charge in [-0.15, -0.1) is 10.2 Å². The lowest BCUT2D eigenvalue weighted by atomic mass is 10.0. The molecule has 1 aliphatic heterocycles. The van der Waals surface area contributed by atoms with Crippen molar-refractivity contribution in [3.05, 3.63) is 70.2 Å². The summed E-state index contributed by atoms with van der Waals surface area (Å²) < 4.78 is 27.4. The lowest BCUT2D eigenvalue weighted by Crippen LogP contribution is -2.35. The molecule has 1 saturated heterocycles. The highest BCUT2D eigenvalue weighted by atomic mass is 35.5. The van der Waals surface area contributed by atoms with Gasteiger partial charge >= 0.3 is 0 Å². The smallest absolute Gasteiger partial charge is 0.247 e. The molecule has 198 valence electrons. The Morgan fingerprint density at radius 2 is 1.68 bits per heavy atom. The number of likely N-dealkylation sites (tertiary alicyclic amines) is 1. The molecule has 0 aliphatic carbocycles. The van der Waals surface area contributed by atoms with E-state index in [9.17, 15) is 8.42 Å². The summed E-state index contributed by atoms with van der Waals surface area (Å²) in [5.74, 6) is 0.308. The van der Waals surface area contributed by atoms with E-state index >= 15 is 0 Å². The van der Waals surface area contributed by atoms with Gasteiger partial charge in [-0.3, -0.25) is 0 Å². The Bertz CT molecular complexity index is 1550. The van der Waals surface area contributed by atoms with Crippen LogP contribution in [0.4, 0.5) is 11.6 Å². The van der Waals surface area contributed by atoms with E-state index in [2.05, 4.69) is 25.4 Å². The number of aryl methyl sites for hydroxylation is 1. The van der Waals surface area contributed by atoms with Gasteiger partial charge in [0.2, 0.25) is 16.0 Å². The van der Waals surface area contributed by atoms with Crippen molar-refractivity contribution in [2.75, 3.05) is 38.5 Å². The highest BCUT2D eigenvalue weighted by Gasteiger charge is 2.22. The van der Waals surface area contributed by atoms with Crippen LogP contribution in [0, 0.1) is 6.92 Å². The fourth-order valence-corrected chi connectivity index (χ4v) is 6.39. The summed E-state index contributed by atoms with van der Waals surface area (Å²) in [6.45, 7) is 5.22. The van der Waals surface area contributed by atoms with Crippen LogP contribution in [0.5, 0.6) is 0 Å². The lowest BCUT2D eigenvalue weighted by Gasteiger charge is -2.21. The molecule has 38 heavy (non-hydrogen) atoms. The van der Waals surface area contributed by atoms with Crippen molar-refractivity contribution >= 4 is 55.9 Å². The molecule has 2 heterocycles. The fourth-order valence-electron chi connectivity index (χ4n) is 4.61. The summed E-state index contributed by atoms with van der Waals surface area (Å²) in [7, 11) is -1.95. The number of halogens is 2. The number of benzene rings is 3. The zero-order chi connectivity index (χ0) is 26.9. The monoisotopic (exact) mass is 570 g/mol. The van der Waals surface area contributed by atoms with E-state index in [1.165, 1.54) is 17.1 Å². The third-order valence-electron chi connectivity index (χ3n) is 6.75. The van der Waals surface area contributed by atoms with Crippen molar-refractivity contribution in [2.24, 2.45) is 0 Å². The predicted molar refractivity (Wildman–Crippen MR) is 153 cm³/mol. The first-order chi connectivity index (χ1) is 18.2. The van der Waals surface area contributed by atoms with E-state index in [4.69, 9.17) is 23.2 Å². The lowest BCUT2D eigenvalue weighted by molar-refractivity contribution is 0.310. The van der Waals surface area contributed by atoms with E-state index < -0.39 is 10.0 Å². The summed E-state index contributed by atoms with van der Waals surface area (Å²) in [4.78, 5) is 7.17. The van der Waals surface area contributed by atoms with Gasteiger partial charge < -0.3 is 10.2 Å². The average Bonchev–Trinajstić information content (AvgIpc) is 3.42. The fraction of sp³-hybridized carbons (Fsp3) is 0.296. The molecule has 0 amide bonds. The van der Waals surface area contributed by atoms with E-state index in [1.807, 2.05) is 19.1 Å². The highest BCUT2D eigenvalue weighted by Crippen LogP contribution is 2.36. The molecule has 3 aromatic carbocycles. The number of hydrogen-bond donors (Lipinski definition) is 1. The zero-order valence-electron chi connectivity index (χ0n) is 21.2. The minimum atomic E-state index is -3.57. The zero-order valence-corrected chi connectivity index (χ0v) is 23.5. The van der Waals surface area contributed by atoms with Crippen molar-refractivity contribution in [1.82, 2.24) is 24.4 Å². The molecule has 0 saturated carbocycles. The number of hydrogen-bond acceptors (Lipinski definition) is 7. The minimum absolute atomic E-state index is 0.242. The first-order valence-electron chi connectivity index (χ1n) is 12.4. The molecule has 8 nitrogen and oxygen atoms in total. The standard InChI is InChI=1S/C27H28Cl2N6O2S/c1-18-16-19(25-22(28)6-5-7-23(25)29)17-24-26(18)31-27(33-32-24)30-20-8-10-21(11-9-20)38(36,37)34(2)14-15-35-12-3-4-13-35/h5-11,16-17H,3-4,12-15H2,1-2H3,(H,30,31,33). The van der Waals surface area contributed by atoms with E-state index in [0.717, 1.165) is 36.3 Å². The van der Waals surface area contributed by atoms with E-state index in [1.54, 1.807) is 49.5 Å². The maximum absolute atomic E-state index is 13.0. The molecular formula is C27H28Cl2N6O2S. The number of anilines is 2. The van der Waals surface area contributed by atoms with Crippen LogP contribution >= 0.6 is 23.2 Å². The molecule has 0 radical (unpaired) electrons. The Labute approximate surface area is 232 Å². The van der Waals surface area contributed by atoms with Crippen molar-refractivity contribution in [1.29, 1.82) is 0 Å². The second-order valence-corrected chi connectivity index (χ2v) is 12.3.